The lowest BCUT2D eigenvalue weighted by atomic mass is 9.76. The van der Waals surface area contributed by atoms with E-state index in [4.69, 9.17) is 0 Å². The first kappa shape index (κ1) is 16.3. The molecule has 4 rings (SSSR count). The molecule has 0 radical (unpaired) electrons. The number of benzene rings is 2. The number of carbonyl (C=O) groups is 1. The average molecular weight is 334 g/mol. The van der Waals surface area contributed by atoms with Crippen molar-refractivity contribution in [2.24, 2.45) is 0 Å². The van der Waals surface area contributed by atoms with Gasteiger partial charge in [-0.3, -0.25) is 4.79 Å². The van der Waals surface area contributed by atoms with Gasteiger partial charge < -0.3 is 9.80 Å². The van der Waals surface area contributed by atoms with E-state index in [0.29, 0.717) is 11.9 Å². The van der Waals surface area contributed by atoms with Crippen molar-refractivity contribution >= 4 is 5.91 Å². The zero-order valence-corrected chi connectivity index (χ0v) is 14.9. The number of likely N-dealkylation sites (tertiary alicyclic amines) is 1. The minimum absolute atomic E-state index is 0.0552. The van der Waals surface area contributed by atoms with Crippen LogP contribution < -0.4 is 0 Å². The van der Waals surface area contributed by atoms with Gasteiger partial charge in [-0.05, 0) is 56.1 Å². The molecule has 2 aliphatic rings. The minimum Gasteiger partial charge on any atom is -0.335 e. The molecular weight excluding hydrogens is 308 g/mol. The van der Waals surface area contributed by atoms with Crippen molar-refractivity contribution in [2.45, 2.75) is 37.8 Å². The summed E-state index contributed by atoms with van der Waals surface area (Å²) < 4.78 is 0. The van der Waals surface area contributed by atoms with Crippen LogP contribution >= 0.6 is 0 Å². The number of hydrogen-bond acceptors (Lipinski definition) is 2. The van der Waals surface area contributed by atoms with E-state index in [1.54, 1.807) is 0 Å². The van der Waals surface area contributed by atoms with E-state index < -0.39 is 0 Å². The van der Waals surface area contributed by atoms with Gasteiger partial charge in [-0.2, -0.15) is 0 Å². The highest BCUT2D eigenvalue weighted by Crippen LogP contribution is 2.37. The highest BCUT2D eigenvalue weighted by atomic mass is 16.2. The van der Waals surface area contributed by atoms with E-state index in [9.17, 15) is 4.79 Å². The molecule has 0 unspecified atom stereocenters. The van der Waals surface area contributed by atoms with Gasteiger partial charge in [0.2, 0.25) is 5.91 Å². The van der Waals surface area contributed by atoms with Gasteiger partial charge in [0.25, 0.3) is 0 Å². The van der Waals surface area contributed by atoms with Gasteiger partial charge in [0, 0.05) is 12.6 Å². The smallest absolute Gasteiger partial charge is 0.231 e. The summed E-state index contributed by atoms with van der Waals surface area (Å²) in [4.78, 5) is 17.9. The van der Waals surface area contributed by atoms with Crippen molar-refractivity contribution in [3.8, 4) is 0 Å². The van der Waals surface area contributed by atoms with Crippen LogP contribution in [0.25, 0.3) is 0 Å². The van der Waals surface area contributed by atoms with Crippen molar-refractivity contribution in [1.29, 1.82) is 0 Å². The minimum atomic E-state index is 0.0552. The highest BCUT2D eigenvalue weighted by molar-refractivity contribution is 5.87. The Balaban J connectivity index is 1.56. The molecule has 0 bridgehead atoms. The van der Waals surface area contributed by atoms with Crippen LogP contribution in [0.15, 0.2) is 54.6 Å². The lowest BCUT2D eigenvalue weighted by Gasteiger charge is -2.41. The Morgan fingerprint density at radius 3 is 2.44 bits per heavy atom. The quantitative estimate of drug-likeness (QED) is 0.855. The molecule has 0 aromatic heterocycles. The Kier molecular flexibility index (Phi) is 4.58. The van der Waals surface area contributed by atoms with Gasteiger partial charge in [0.05, 0.1) is 5.92 Å². The lowest BCUT2D eigenvalue weighted by Crippen LogP contribution is -2.49. The number of nitrogens with zero attached hydrogens (tertiary/aromatic N) is 2. The van der Waals surface area contributed by atoms with Crippen molar-refractivity contribution in [3.63, 3.8) is 0 Å². The predicted octanol–water partition coefficient (Wildman–Crippen LogP) is 3.45. The highest BCUT2D eigenvalue weighted by Gasteiger charge is 2.37. The number of piperidine rings is 1. The summed E-state index contributed by atoms with van der Waals surface area (Å²) in [6, 6.07) is 19.2. The molecule has 25 heavy (non-hydrogen) atoms. The van der Waals surface area contributed by atoms with E-state index in [2.05, 4.69) is 65.4 Å². The molecule has 130 valence electrons. The SMILES string of the molecule is CN1CCC(N(Cc2ccccc2)C(=O)[C@H]2Cc3ccccc32)CC1. The van der Waals surface area contributed by atoms with Crippen molar-refractivity contribution in [3.05, 3.63) is 71.3 Å². The first-order valence-corrected chi connectivity index (χ1v) is 9.33. The van der Waals surface area contributed by atoms with Crippen LogP contribution in [0.2, 0.25) is 0 Å². The Labute approximate surface area is 150 Å². The molecule has 1 saturated heterocycles. The van der Waals surface area contributed by atoms with Gasteiger partial charge in [-0.25, -0.2) is 0 Å². The van der Waals surface area contributed by atoms with Crippen molar-refractivity contribution in [1.82, 2.24) is 9.80 Å². The summed E-state index contributed by atoms with van der Waals surface area (Å²) in [7, 11) is 2.17. The van der Waals surface area contributed by atoms with Gasteiger partial charge in [-0.1, -0.05) is 54.6 Å². The van der Waals surface area contributed by atoms with Crippen LogP contribution in [-0.2, 0) is 17.8 Å². The van der Waals surface area contributed by atoms with Crippen LogP contribution in [0, 0.1) is 0 Å². The Hall–Kier alpha value is -2.13. The molecule has 1 amide bonds. The maximum atomic E-state index is 13.4. The van der Waals surface area contributed by atoms with Crippen LogP contribution in [0.4, 0.5) is 0 Å². The number of rotatable bonds is 4. The molecular formula is C22H26N2O. The third-order valence-corrected chi connectivity index (χ3v) is 5.76. The zero-order chi connectivity index (χ0) is 17.2. The number of amides is 1. The fourth-order valence-electron chi connectivity index (χ4n) is 4.15. The zero-order valence-electron chi connectivity index (χ0n) is 14.9. The van der Waals surface area contributed by atoms with E-state index in [-0.39, 0.29) is 5.92 Å². The maximum absolute atomic E-state index is 13.4. The van der Waals surface area contributed by atoms with E-state index in [1.807, 2.05) is 6.07 Å². The fourth-order valence-corrected chi connectivity index (χ4v) is 4.15. The molecule has 1 aliphatic carbocycles. The van der Waals surface area contributed by atoms with Gasteiger partial charge >= 0.3 is 0 Å². The van der Waals surface area contributed by atoms with Crippen LogP contribution in [-0.4, -0.2) is 41.9 Å². The lowest BCUT2D eigenvalue weighted by molar-refractivity contribution is -0.137. The second-order valence-electron chi connectivity index (χ2n) is 7.44. The monoisotopic (exact) mass is 334 g/mol. The predicted molar refractivity (Wildman–Crippen MR) is 100 cm³/mol. The Bertz CT molecular complexity index is 735. The number of carbonyl (C=O) groups excluding carboxylic acids is 1. The maximum Gasteiger partial charge on any atom is 0.231 e. The largest absolute Gasteiger partial charge is 0.335 e. The van der Waals surface area contributed by atoms with Crippen LogP contribution in [0.1, 0.15) is 35.4 Å². The molecule has 3 nitrogen and oxygen atoms in total. The Morgan fingerprint density at radius 1 is 1.04 bits per heavy atom. The molecule has 1 atom stereocenters. The summed E-state index contributed by atoms with van der Waals surface area (Å²) in [5.74, 6) is 0.372. The first-order valence-electron chi connectivity index (χ1n) is 9.33. The molecule has 2 aromatic rings. The molecule has 1 aliphatic heterocycles. The molecule has 0 saturated carbocycles. The van der Waals surface area contributed by atoms with Gasteiger partial charge in [0.1, 0.15) is 0 Å². The second-order valence-corrected chi connectivity index (χ2v) is 7.44. The van der Waals surface area contributed by atoms with Crippen molar-refractivity contribution in [2.75, 3.05) is 20.1 Å². The molecule has 3 heteroatoms. The van der Waals surface area contributed by atoms with Gasteiger partial charge in [0.15, 0.2) is 0 Å². The molecule has 1 fully saturated rings. The normalized spacial score (nSPS) is 20.6. The number of hydrogen-bond donors (Lipinski definition) is 0. The van der Waals surface area contributed by atoms with E-state index >= 15 is 0 Å². The molecule has 0 N–H and O–H groups in total. The Morgan fingerprint density at radius 2 is 1.72 bits per heavy atom. The molecule has 0 spiro atoms. The summed E-state index contributed by atoms with van der Waals surface area (Å²) in [5.41, 5.74) is 3.80. The molecule has 1 heterocycles. The second kappa shape index (κ2) is 7.01. The van der Waals surface area contributed by atoms with Crippen LogP contribution in [0.5, 0.6) is 0 Å². The summed E-state index contributed by atoms with van der Waals surface area (Å²) >= 11 is 0. The number of fused-ring (bicyclic) bond motifs is 1. The topological polar surface area (TPSA) is 23.6 Å². The van der Waals surface area contributed by atoms with Crippen molar-refractivity contribution < 1.29 is 4.79 Å². The summed E-state index contributed by atoms with van der Waals surface area (Å²) in [5, 5.41) is 0. The third kappa shape index (κ3) is 3.34. The van der Waals surface area contributed by atoms with Crippen LogP contribution in [0.3, 0.4) is 0 Å². The fraction of sp³-hybridized carbons (Fsp3) is 0.409. The third-order valence-electron chi connectivity index (χ3n) is 5.76. The standard InChI is InChI=1S/C22H26N2O/c1-23-13-11-19(12-14-23)24(16-17-7-3-2-4-8-17)22(25)21-15-18-9-5-6-10-20(18)21/h2-10,19,21H,11-16H2,1H3/t21-/m0/s1. The average Bonchev–Trinajstić information content (AvgIpc) is 2.62. The van der Waals surface area contributed by atoms with E-state index in [0.717, 1.165) is 38.9 Å². The van der Waals surface area contributed by atoms with E-state index in [1.165, 1.54) is 16.7 Å². The summed E-state index contributed by atoms with van der Waals surface area (Å²) in [6.45, 7) is 2.88. The first-order chi connectivity index (χ1) is 12.2. The van der Waals surface area contributed by atoms with Gasteiger partial charge in [-0.15, -0.1) is 0 Å². The molecule has 2 aromatic carbocycles. The summed E-state index contributed by atoms with van der Waals surface area (Å²) in [6.07, 6.45) is 3.04.